The molecule has 30 heavy (non-hydrogen) atoms. The third kappa shape index (κ3) is 3.85. The van der Waals surface area contributed by atoms with Crippen LogP contribution in [-0.2, 0) is 10.0 Å². The maximum Gasteiger partial charge on any atom is 0.242 e. The minimum Gasteiger partial charge on any atom is -0.360 e. The van der Waals surface area contributed by atoms with Crippen LogP contribution >= 0.6 is 0 Å². The normalized spacial score (nSPS) is 17.4. The lowest BCUT2D eigenvalue weighted by Gasteiger charge is -2.27. The molecule has 1 fully saturated rings. The molecule has 1 aliphatic carbocycles. The molecule has 1 aromatic carbocycles. The second kappa shape index (κ2) is 7.52. The van der Waals surface area contributed by atoms with Gasteiger partial charge in [-0.1, -0.05) is 6.08 Å². The summed E-state index contributed by atoms with van der Waals surface area (Å²) in [4.78, 5) is 9.85. The molecule has 6 nitrogen and oxygen atoms in total. The number of anilines is 1. The highest BCUT2D eigenvalue weighted by Gasteiger charge is 2.24. The molecule has 0 saturated heterocycles. The average Bonchev–Trinajstić information content (AvgIpc) is 3.51. The van der Waals surface area contributed by atoms with Crippen molar-refractivity contribution in [1.29, 1.82) is 0 Å². The predicted molar refractivity (Wildman–Crippen MR) is 115 cm³/mol. The Labute approximate surface area is 174 Å². The van der Waals surface area contributed by atoms with Gasteiger partial charge in [-0.15, -0.1) is 0 Å². The Morgan fingerprint density at radius 1 is 1.23 bits per heavy atom. The Morgan fingerprint density at radius 3 is 2.80 bits per heavy atom. The number of fused-ring (bicyclic) bond motifs is 1. The van der Waals surface area contributed by atoms with E-state index < -0.39 is 10.0 Å². The molecule has 0 bridgehead atoms. The van der Waals surface area contributed by atoms with Crippen LogP contribution in [0.1, 0.15) is 24.8 Å². The number of H-pyrrole nitrogens is 1. The fourth-order valence-electron chi connectivity index (χ4n) is 3.84. The first-order valence-electron chi connectivity index (χ1n) is 10.2. The number of pyridine rings is 1. The summed E-state index contributed by atoms with van der Waals surface area (Å²) in [6.45, 7) is 1.96. The van der Waals surface area contributed by atoms with Gasteiger partial charge in [0.2, 0.25) is 10.0 Å². The lowest BCUT2D eigenvalue weighted by atomic mass is 9.99. The number of aromatic amines is 1. The quantitative estimate of drug-likeness (QED) is 0.630. The van der Waals surface area contributed by atoms with Crippen LogP contribution in [0, 0.1) is 11.7 Å². The van der Waals surface area contributed by atoms with Crippen LogP contribution in [-0.4, -0.2) is 38.0 Å². The summed E-state index contributed by atoms with van der Waals surface area (Å²) in [6, 6.07) is 8.17. The van der Waals surface area contributed by atoms with Crippen molar-refractivity contribution in [3.05, 3.63) is 60.2 Å². The highest BCUT2D eigenvalue weighted by molar-refractivity contribution is 7.89. The topological polar surface area (TPSA) is 78.1 Å². The molecular formula is C22H23FN4O2S. The van der Waals surface area contributed by atoms with Gasteiger partial charge in [-0.25, -0.2) is 22.5 Å². The summed E-state index contributed by atoms with van der Waals surface area (Å²) in [6.07, 6.45) is 8.53. The van der Waals surface area contributed by atoms with Crippen molar-refractivity contribution < 1.29 is 12.8 Å². The van der Waals surface area contributed by atoms with Crippen LogP contribution in [0.15, 0.2) is 53.7 Å². The lowest BCUT2D eigenvalue weighted by molar-refractivity contribution is 0.577. The summed E-state index contributed by atoms with van der Waals surface area (Å²) in [5.41, 5.74) is 3.11. The SMILES string of the molecule is O=S(=O)(NCC1CC1)c1ccc(N2CC=C(c3c[nH]c4cc(F)ccc34)CC2)nc1. The van der Waals surface area contributed by atoms with Crippen LogP contribution < -0.4 is 9.62 Å². The van der Waals surface area contributed by atoms with Crippen LogP contribution in [0.2, 0.25) is 0 Å². The third-order valence-corrected chi connectivity index (χ3v) is 7.22. The molecule has 2 N–H and O–H groups in total. The standard InChI is InChI=1S/C22H23FN4O2S/c23-17-3-5-19-20(14-24-21(19)11-17)16-7-9-27(10-8-16)22-6-4-18(13-25-22)30(28,29)26-12-15-1-2-15/h3-7,11,13-15,24,26H,1-2,8-10,12H2. The van der Waals surface area contributed by atoms with Crippen LogP contribution in [0.5, 0.6) is 0 Å². The van der Waals surface area contributed by atoms with Crippen molar-refractivity contribution >= 4 is 32.3 Å². The van der Waals surface area contributed by atoms with E-state index in [1.54, 1.807) is 12.1 Å². The fraction of sp³-hybridized carbons (Fsp3) is 0.318. The zero-order valence-corrected chi connectivity index (χ0v) is 17.3. The first-order valence-corrected chi connectivity index (χ1v) is 11.6. The van der Waals surface area contributed by atoms with E-state index in [1.165, 1.54) is 23.9 Å². The van der Waals surface area contributed by atoms with E-state index in [1.807, 2.05) is 12.3 Å². The van der Waals surface area contributed by atoms with Gasteiger partial charge >= 0.3 is 0 Å². The third-order valence-electron chi connectivity index (χ3n) is 5.81. The van der Waals surface area contributed by atoms with Gasteiger partial charge in [0.25, 0.3) is 0 Å². The largest absolute Gasteiger partial charge is 0.360 e. The zero-order valence-electron chi connectivity index (χ0n) is 16.4. The zero-order chi connectivity index (χ0) is 20.7. The van der Waals surface area contributed by atoms with Crippen molar-refractivity contribution in [2.75, 3.05) is 24.5 Å². The van der Waals surface area contributed by atoms with Gasteiger partial charge in [-0.2, -0.15) is 0 Å². The number of sulfonamides is 1. The van der Waals surface area contributed by atoms with E-state index >= 15 is 0 Å². The molecule has 1 saturated carbocycles. The maximum absolute atomic E-state index is 13.4. The first kappa shape index (κ1) is 19.3. The molecule has 0 amide bonds. The smallest absolute Gasteiger partial charge is 0.242 e. The van der Waals surface area contributed by atoms with Gasteiger partial charge in [0.1, 0.15) is 16.5 Å². The summed E-state index contributed by atoms with van der Waals surface area (Å²) < 4.78 is 40.8. The van der Waals surface area contributed by atoms with Gasteiger partial charge in [-0.3, -0.25) is 0 Å². The van der Waals surface area contributed by atoms with Crippen LogP contribution in [0.4, 0.5) is 10.2 Å². The molecule has 3 aromatic rings. The molecule has 1 aliphatic heterocycles. The molecular weight excluding hydrogens is 403 g/mol. The van der Waals surface area contributed by atoms with Gasteiger partial charge in [0, 0.05) is 48.5 Å². The van der Waals surface area contributed by atoms with Crippen molar-refractivity contribution in [2.24, 2.45) is 5.92 Å². The van der Waals surface area contributed by atoms with E-state index in [0.29, 0.717) is 19.0 Å². The Balaban J connectivity index is 1.29. The number of aromatic nitrogens is 2. The number of nitrogens with zero attached hydrogens (tertiary/aromatic N) is 2. The molecule has 0 unspecified atom stereocenters. The number of hydrogen-bond donors (Lipinski definition) is 2. The van der Waals surface area contributed by atoms with Crippen molar-refractivity contribution in [1.82, 2.24) is 14.7 Å². The van der Waals surface area contributed by atoms with E-state index in [2.05, 4.69) is 25.7 Å². The van der Waals surface area contributed by atoms with Crippen molar-refractivity contribution in [3.8, 4) is 0 Å². The van der Waals surface area contributed by atoms with E-state index in [9.17, 15) is 12.8 Å². The van der Waals surface area contributed by atoms with Gasteiger partial charge in [0.05, 0.1) is 0 Å². The summed E-state index contributed by atoms with van der Waals surface area (Å²) in [5, 5.41) is 1.02. The molecule has 8 heteroatoms. The maximum atomic E-state index is 13.4. The lowest BCUT2D eigenvalue weighted by Crippen LogP contribution is -2.29. The van der Waals surface area contributed by atoms with Gasteiger partial charge in [-0.05, 0) is 61.1 Å². The van der Waals surface area contributed by atoms with Gasteiger partial charge < -0.3 is 9.88 Å². The second-order valence-corrected chi connectivity index (χ2v) is 9.73. The highest BCUT2D eigenvalue weighted by atomic mass is 32.2. The fourth-order valence-corrected chi connectivity index (χ4v) is 4.90. The number of rotatable bonds is 6. The summed E-state index contributed by atoms with van der Waals surface area (Å²) >= 11 is 0. The predicted octanol–water partition coefficient (Wildman–Crippen LogP) is 3.68. The number of benzene rings is 1. The number of hydrogen-bond acceptors (Lipinski definition) is 4. The number of nitrogens with one attached hydrogen (secondary N) is 2. The Bertz CT molecular complexity index is 1210. The molecule has 156 valence electrons. The van der Waals surface area contributed by atoms with E-state index in [4.69, 9.17) is 0 Å². The molecule has 2 aliphatic rings. The van der Waals surface area contributed by atoms with Crippen LogP contribution in [0.25, 0.3) is 16.5 Å². The minimum atomic E-state index is -3.50. The number of halogens is 1. The molecule has 0 radical (unpaired) electrons. The second-order valence-electron chi connectivity index (χ2n) is 7.97. The first-order chi connectivity index (χ1) is 14.5. The molecule has 2 aromatic heterocycles. The van der Waals surface area contributed by atoms with Crippen molar-refractivity contribution in [2.45, 2.75) is 24.2 Å². The molecule has 0 spiro atoms. The molecule has 0 atom stereocenters. The molecule has 3 heterocycles. The summed E-state index contributed by atoms with van der Waals surface area (Å²) in [5.74, 6) is 0.990. The summed E-state index contributed by atoms with van der Waals surface area (Å²) in [7, 11) is -3.50. The highest BCUT2D eigenvalue weighted by Crippen LogP contribution is 2.31. The van der Waals surface area contributed by atoms with Crippen LogP contribution in [0.3, 0.4) is 0 Å². The minimum absolute atomic E-state index is 0.200. The Kier molecular flexibility index (Phi) is 4.83. The Morgan fingerprint density at radius 2 is 2.10 bits per heavy atom. The van der Waals surface area contributed by atoms with Gasteiger partial charge in [0.15, 0.2) is 0 Å². The monoisotopic (exact) mass is 426 g/mol. The van der Waals surface area contributed by atoms with E-state index in [0.717, 1.165) is 48.1 Å². The Hall–Kier alpha value is -2.71. The van der Waals surface area contributed by atoms with Crippen molar-refractivity contribution in [3.63, 3.8) is 0 Å². The molecule has 5 rings (SSSR count). The van der Waals surface area contributed by atoms with E-state index in [-0.39, 0.29) is 10.7 Å². The average molecular weight is 427 g/mol.